The average molecular weight is 234 g/mol. The van der Waals surface area contributed by atoms with Crippen LogP contribution in [0.15, 0.2) is 0 Å². The molecule has 1 saturated heterocycles. The third kappa shape index (κ3) is 5.15. The van der Waals surface area contributed by atoms with Crippen LogP contribution in [0.5, 0.6) is 0 Å². The first-order chi connectivity index (χ1) is 7.08. The molecule has 6 heteroatoms. The highest BCUT2D eigenvalue weighted by Gasteiger charge is 2.28. The van der Waals surface area contributed by atoms with Crippen molar-refractivity contribution in [1.82, 2.24) is 0 Å². The van der Waals surface area contributed by atoms with Crippen molar-refractivity contribution < 1.29 is 23.8 Å². The van der Waals surface area contributed by atoms with Gasteiger partial charge in [0.15, 0.2) is 5.78 Å². The van der Waals surface area contributed by atoms with E-state index in [-0.39, 0.29) is 23.8 Å². The van der Waals surface area contributed by atoms with Crippen molar-refractivity contribution in [3.05, 3.63) is 0 Å². The summed E-state index contributed by atoms with van der Waals surface area (Å²) in [6.45, 7) is 3.23. The maximum Gasteiger partial charge on any atom is 0.304 e. The molecule has 2 atom stereocenters. The summed E-state index contributed by atoms with van der Waals surface area (Å²) < 4.78 is 15.3. The Morgan fingerprint density at radius 1 is 1.47 bits per heavy atom. The molecule has 2 unspecified atom stereocenters. The van der Waals surface area contributed by atoms with Gasteiger partial charge in [0, 0.05) is 6.92 Å². The van der Waals surface area contributed by atoms with Crippen LogP contribution in [0.2, 0.25) is 0 Å². The van der Waals surface area contributed by atoms with Crippen molar-refractivity contribution in [3.8, 4) is 0 Å². The lowest BCUT2D eigenvalue weighted by molar-refractivity contribution is -0.172. The van der Waals surface area contributed by atoms with E-state index in [9.17, 15) is 9.59 Å². The highest BCUT2D eigenvalue weighted by atomic mass is 32.2. The van der Waals surface area contributed by atoms with E-state index in [0.717, 1.165) is 0 Å². The van der Waals surface area contributed by atoms with Crippen molar-refractivity contribution >= 4 is 23.5 Å². The molecule has 0 spiro atoms. The molecule has 0 aromatic rings. The number of hydrogen-bond acceptors (Lipinski definition) is 6. The van der Waals surface area contributed by atoms with Crippen LogP contribution in [0.25, 0.3) is 0 Å². The number of carbonyl (C=O) groups excluding carboxylic acids is 2. The molecule has 0 aromatic heterocycles. The van der Waals surface area contributed by atoms with E-state index in [2.05, 4.69) is 0 Å². The second-order valence-corrected chi connectivity index (χ2v) is 4.35. The molecule has 0 bridgehead atoms. The molecule has 5 nitrogen and oxygen atoms in total. The summed E-state index contributed by atoms with van der Waals surface area (Å²) >= 11 is 1.51. The number of ether oxygens (including phenoxy) is 3. The molecule has 1 heterocycles. The summed E-state index contributed by atoms with van der Waals surface area (Å²) in [5, 5.41) is 0. The normalized spacial score (nSPS) is 25.2. The highest BCUT2D eigenvalue weighted by Crippen LogP contribution is 2.25. The van der Waals surface area contributed by atoms with E-state index >= 15 is 0 Å². The van der Waals surface area contributed by atoms with Gasteiger partial charge < -0.3 is 14.2 Å². The number of Topliss-reactive ketones (excluding diaryl/α,β-unsaturated/α-hetero) is 1. The van der Waals surface area contributed by atoms with Gasteiger partial charge in [0.25, 0.3) is 0 Å². The second-order valence-electron chi connectivity index (χ2n) is 3.16. The topological polar surface area (TPSA) is 61.8 Å². The molecule has 1 fully saturated rings. The summed E-state index contributed by atoms with van der Waals surface area (Å²) in [5.41, 5.74) is -0.159. The summed E-state index contributed by atoms with van der Waals surface area (Å²) in [6.07, 6.45) is -0.488. The van der Waals surface area contributed by atoms with E-state index in [0.29, 0.717) is 12.4 Å². The van der Waals surface area contributed by atoms with Gasteiger partial charge in [0.05, 0.1) is 12.4 Å². The Morgan fingerprint density at radius 3 is 2.80 bits per heavy atom. The van der Waals surface area contributed by atoms with Gasteiger partial charge in [-0.25, -0.2) is 0 Å². The van der Waals surface area contributed by atoms with Gasteiger partial charge in [-0.05, 0) is 6.92 Å². The van der Waals surface area contributed by atoms with Crippen molar-refractivity contribution in [3.63, 3.8) is 0 Å². The van der Waals surface area contributed by atoms with E-state index < -0.39 is 6.29 Å². The van der Waals surface area contributed by atoms with E-state index in [1.165, 1.54) is 25.6 Å². The average Bonchev–Trinajstić information content (AvgIpc) is 2.50. The van der Waals surface area contributed by atoms with E-state index in [1.807, 2.05) is 0 Å². The lowest BCUT2D eigenvalue weighted by Crippen LogP contribution is -2.21. The van der Waals surface area contributed by atoms with Gasteiger partial charge in [0.1, 0.15) is 12.0 Å². The van der Waals surface area contributed by atoms with Crippen LogP contribution in [-0.4, -0.2) is 42.4 Å². The minimum atomic E-state index is -0.488. The fourth-order valence-corrected chi connectivity index (χ4v) is 1.98. The van der Waals surface area contributed by atoms with Crippen LogP contribution in [-0.2, 0) is 23.8 Å². The van der Waals surface area contributed by atoms with E-state index in [4.69, 9.17) is 14.2 Å². The Bertz CT molecular complexity index is 243. The number of hydrogen-bond donors (Lipinski definition) is 0. The molecule has 0 amide bonds. The number of rotatable bonds is 5. The van der Waals surface area contributed by atoms with Gasteiger partial charge in [-0.15, -0.1) is 11.8 Å². The first-order valence-corrected chi connectivity index (χ1v) is 5.64. The fraction of sp³-hybridized carbons (Fsp3) is 0.778. The van der Waals surface area contributed by atoms with Gasteiger partial charge in [-0.3, -0.25) is 9.59 Å². The lowest BCUT2D eigenvalue weighted by atomic mass is 10.5. The third-order valence-electron chi connectivity index (χ3n) is 1.58. The third-order valence-corrected chi connectivity index (χ3v) is 2.66. The minimum absolute atomic E-state index is 0.0190. The van der Waals surface area contributed by atoms with Crippen LogP contribution < -0.4 is 0 Å². The molecular weight excluding hydrogens is 220 g/mol. The number of carbonyl (C=O) groups is 2. The molecule has 86 valence electrons. The molecular formula is C9H14O5S. The summed E-state index contributed by atoms with van der Waals surface area (Å²) in [5.74, 6) is 0.230. The maximum atomic E-state index is 10.6. The summed E-state index contributed by atoms with van der Waals surface area (Å²) in [4.78, 5) is 21.2. The highest BCUT2D eigenvalue weighted by molar-refractivity contribution is 8.00. The largest absolute Gasteiger partial charge is 0.435 e. The molecule has 0 radical (unpaired) electrons. The molecule has 1 rings (SSSR count). The Labute approximate surface area is 92.4 Å². The maximum absolute atomic E-state index is 10.6. The molecule has 0 saturated carbocycles. The molecule has 0 aliphatic carbocycles. The standard InChI is InChI=1S/C9H14O5S/c1-6(10)3-12-4-9-14-8(5-15-9)13-7(2)11/h8-9H,3-5H2,1-2H3. The van der Waals surface area contributed by atoms with Crippen molar-refractivity contribution in [2.24, 2.45) is 0 Å². The minimum Gasteiger partial charge on any atom is -0.435 e. The molecule has 15 heavy (non-hydrogen) atoms. The first kappa shape index (κ1) is 12.5. The monoisotopic (exact) mass is 234 g/mol. The zero-order valence-corrected chi connectivity index (χ0v) is 9.54. The van der Waals surface area contributed by atoms with Crippen LogP contribution in [0.4, 0.5) is 0 Å². The van der Waals surface area contributed by atoms with Crippen molar-refractivity contribution in [2.75, 3.05) is 19.0 Å². The summed E-state index contributed by atoms with van der Waals surface area (Å²) in [7, 11) is 0. The second kappa shape index (κ2) is 6.09. The Kier molecular flexibility index (Phi) is 5.07. The van der Waals surface area contributed by atoms with Crippen LogP contribution >= 0.6 is 11.8 Å². The van der Waals surface area contributed by atoms with Crippen LogP contribution in [0.1, 0.15) is 13.8 Å². The van der Waals surface area contributed by atoms with E-state index in [1.54, 1.807) is 0 Å². The smallest absolute Gasteiger partial charge is 0.304 e. The van der Waals surface area contributed by atoms with Gasteiger partial charge in [-0.1, -0.05) is 0 Å². The van der Waals surface area contributed by atoms with Gasteiger partial charge >= 0.3 is 5.97 Å². The van der Waals surface area contributed by atoms with Crippen molar-refractivity contribution in [2.45, 2.75) is 25.6 Å². The molecule has 1 aliphatic heterocycles. The van der Waals surface area contributed by atoms with Crippen molar-refractivity contribution in [1.29, 1.82) is 0 Å². The fourth-order valence-electron chi connectivity index (χ4n) is 1.07. The zero-order valence-electron chi connectivity index (χ0n) is 8.73. The number of ketones is 1. The number of thioether (sulfide) groups is 1. The van der Waals surface area contributed by atoms with Gasteiger partial charge in [0.2, 0.25) is 6.29 Å². The Hall–Kier alpha value is -0.590. The summed E-state index contributed by atoms with van der Waals surface area (Å²) in [6, 6.07) is 0. The SMILES string of the molecule is CC(=O)COCC1OC(OC(C)=O)CS1. The van der Waals surface area contributed by atoms with Crippen LogP contribution in [0.3, 0.4) is 0 Å². The first-order valence-electron chi connectivity index (χ1n) is 4.59. The predicted octanol–water partition coefficient (Wildman–Crippen LogP) is 0.571. The number of esters is 1. The lowest BCUT2D eigenvalue weighted by Gasteiger charge is -2.11. The van der Waals surface area contributed by atoms with Gasteiger partial charge in [-0.2, -0.15) is 0 Å². The Balaban J connectivity index is 2.13. The molecule has 0 aromatic carbocycles. The molecule has 0 N–H and O–H groups in total. The quantitative estimate of drug-likeness (QED) is 0.648. The Morgan fingerprint density at radius 2 is 2.20 bits per heavy atom. The molecule has 1 aliphatic rings. The van der Waals surface area contributed by atoms with Crippen LogP contribution in [0, 0.1) is 0 Å². The zero-order chi connectivity index (χ0) is 11.3. The predicted molar refractivity (Wildman–Crippen MR) is 54.4 cm³/mol.